The molecule has 0 aliphatic carbocycles. The predicted molar refractivity (Wildman–Crippen MR) is 88.6 cm³/mol. The number of aryl methyl sites for hydroxylation is 1. The Morgan fingerprint density at radius 1 is 1.26 bits per heavy atom. The molecule has 6 nitrogen and oxygen atoms in total. The summed E-state index contributed by atoms with van der Waals surface area (Å²) >= 11 is 0. The van der Waals surface area contributed by atoms with Crippen LogP contribution in [0.25, 0.3) is 0 Å². The lowest BCUT2D eigenvalue weighted by Gasteiger charge is -2.11. The van der Waals surface area contributed by atoms with Crippen molar-refractivity contribution in [2.45, 2.75) is 33.4 Å². The van der Waals surface area contributed by atoms with Crippen molar-refractivity contribution < 1.29 is 4.39 Å². The molecule has 0 saturated carbocycles. The summed E-state index contributed by atoms with van der Waals surface area (Å²) in [5, 5.41) is 14.3. The molecule has 7 heteroatoms. The van der Waals surface area contributed by atoms with Crippen LogP contribution in [0.15, 0.2) is 35.6 Å². The Morgan fingerprint density at radius 3 is 2.83 bits per heavy atom. The first-order valence-electron chi connectivity index (χ1n) is 7.86. The van der Waals surface area contributed by atoms with E-state index in [0.29, 0.717) is 31.0 Å². The summed E-state index contributed by atoms with van der Waals surface area (Å²) in [4.78, 5) is 4.50. The van der Waals surface area contributed by atoms with E-state index >= 15 is 0 Å². The van der Waals surface area contributed by atoms with Gasteiger partial charge in [0.25, 0.3) is 0 Å². The van der Waals surface area contributed by atoms with Gasteiger partial charge in [-0.2, -0.15) is 0 Å². The van der Waals surface area contributed by atoms with E-state index in [0.717, 1.165) is 18.9 Å². The Morgan fingerprint density at radius 2 is 2.09 bits per heavy atom. The standard InChI is InChI=1S/C16H23FN6/c1-3-18-16(20-11-15-22-21-12-23(15)4-2)19-10-9-13-7-5-6-8-14(13)17/h5-8,12H,3-4,9-11H2,1-2H3,(H2,18,19,20). The van der Waals surface area contributed by atoms with Crippen molar-refractivity contribution >= 4 is 5.96 Å². The molecular formula is C16H23FN6. The Balaban J connectivity index is 1.90. The van der Waals surface area contributed by atoms with Crippen LogP contribution < -0.4 is 10.6 Å². The van der Waals surface area contributed by atoms with E-state index in [9.17, 15) is 4.39 Å². The summed E-state index contributed by atoms with van der Waals surface area (Å²) in [6.45, 7) is 6.66. The molecule has 0 unspecified atom stereocenters. The summed E-state index contributed by atoms with van der Waals surface area (Å²) in [5.41, 5.74) is 0.696. The Labute approximate surface area is 135 Å². The maximum Gasteiger partial charge on any atom is 0.191 e. The van der Waals surface area contributed by atoms with E-state index in [1.165, 1.54) is 6.07 Å². The van der Waals surface area contributed by atoms with Gasteiger partial charge in [-0.25, -0.2) is 9.38 Å². The summed E-state index contributed by atoms with van der Waals surface area (Å²) in [6.07, 6.45) is 2.30. The van der Waals surface area contributed by atoms with Crippen LogP contribution in [-0.4, -0.2) is 33.8 Å². The SMILES string of the molecule is CCNC(=NCc1nncn1CC)NCCc1ccccc1F. The van der Waals surface area contributed by atoms with E-state index in [4.69, 9.17) is 0 Å². The number of hydrogen-bond acceptors (Lipinski definition) is 3. The first-order chi connectivity index (χ1) is 11.2. The number of nitrogens with zero attached hydrogens (tertiary/aromatic N) is 4. The molecule has 1 heterocycles. The van der Waals surface area contributed by atoms with Crippen molar-refractivity contribution in [3.8, 4) is 0 Å². The topological polar surface area (TPSA) is 67.1 Å². The van der Waals surface area contributed by atoms with Crippen LogP contribution in [0, 0.1) is 5.82 Å². The maximum absolute atomic E-state index is 13.6. The minimum atomic E-state index is -0.174. The van der Waals surface area contributed by atoms with Crippen LogP contribution in [0.4, 0.5) is 4.39 Å². The molecule has 124 valence electrons. The van der Waals surface area contributed by atoms with Gasteiger partial charge in [0.05, 0.1) is 0 Å². The molecule has 2 rings (SSSR count). The first-order valence-corrected chi connectivity index (χ1v) is 7.86. The zero-order valence-electron chi connectivity index (χ0n) is 13.6. The molecule has 0 spiro atoms. The number of nitrogens with one attached hydrogen (secondary N) is 2. The Bertz CT molecular complexity index is 637. The van der Waals surface area contributed by atoms with Gasteiger partial charge in [0.2, 0.25) is 0 Å². The predicted octanol–water partition coefficient (Wildman–Crippen LogP) is 1.73. The second-order valence-electron chi connectivity index (χ2n) is 5.00. The lowest BCUT2D eigenvalue weighted by atomic mass is 10.1. The molecule has 2 N–H and O–H groups in total. The molecule has 2 aromatic rings. The third-order valence-corrected chi connectivity index (χ3v) is 3.40. The fraction of sp³-hybridized carbons (Fsp3) is 0.438. The zero-order chi connectivity index (χ0) is 16.5. The van der Waals surface area contributed by atoms with Gasteiger partial charge in [-0.3, -0.25) is 0 Å². The molecule has 0 bridgehead atoms. The van der Waals surface area contributed by atoms with Gasteiger partial charge in [0, 0.05) is 19.6 Å². The molecule has 1 aromatic carbocycles. The van der Waals surface area contributed by atoms with Gasteiger partial charge >= 0.3 is 0 Å². The normalized spacial score (nSPS) is 11.5. The smallest absolute Gasteiger partial charge is 0.191 e. The number of rotatable bonds is 7. The fourth-order valence-electron chi connectivity index (χ4n) is 2.17. The molecule has 0 atom stereocenters. The van der Waals surface area contributed by atoms with Gasteiger partial charge < -0.3 is 15.2 Å². The number of hydrogen-bond donors (Lipinski definition) is 2. The van der Waals surface area contributed by atoms with Crippen LogP contribution in [0.2, 0.25) is 0 Å². The minimum absolute atomic E-state index is 0.174. The summed E-state index contributed by atoms with van der Waals surface area (Å²) in [6, 6.07) is 6.81. The number of guanidine groups is 1. The van der Waals surface area contributed by atoms with Gasteiger partial charge in [-0.15, -0.1) is 10.2 Å². The van der Waals surface area contributed by atoms with Crippen molar-refractivity contribution in [3.05, 3.63) is 47.8 Å². The lowest BCUT2D eigenvalue weighted by Crippen LogP contribution is -2.38. The van der Waals surface area contributed by atoms with Gasteiger partial charge in [0.15, 0.2) is 11.8 Å². The van der Waals surface area contributed by atoms with Crippen molar-refractivity contribution in [1.29, 1.82) is 0 Å². The molecule has 1 aromatic heterocycles. The third kappa shape index (κ3) is 5.05. The number of halogens is 1. The fourth-order valence-corrected chi connectivity index (χ4v) is 2.17. The summed E-state index contributed by atoms with van der Waals surface area (Å²) < 4.78 is 15.5. The maximum atomic E-state index is 13.6. The van der Waals surface area contributed by atoms with Crippen LogP contribution in [0.5, 0.6) is 0 Å². The highest BCUT2D eigenvalue weighted by Crippen LogP contribution is 2.06. The number of benzene rings is 1. The van der Waals surface area contributed by atoms with Crippen molar-refractivity contribution in [2.24, 2.45) is 4.99 Å². The second kappa shape index (κ2) is 8.87. The molecule has 0 saturated heterocycles. The molecule has 23 heavy (non-hydrogen) atoms. The van der Waals surface area contributed by atoms with Crippen LogP contribution >= 0.6 is 0 Å². The third-order valence-electron chi connectivity index (χ3n) is 3.40. The Hall–Kier alpha value is -2.44. The Kier molecular flexibility index (Phi) is 6.53. The quantitative estimate of drug-likeness (QED) is 0.603. The van der Waals surface area contributed by atoms with Gasteiger partial charge in [0.1, 0.15) is 18.7 Å². The highest BCUT2D eigenvalue weighted by molar-refractivity contribution is 5.79. The van der Waals surface area contributed by atoms with E-state index in [1.54, 1.807) is 18.5 Å². The van der Waals surface area contributed by atoms with E-state index < -0.39 is 0 Å². The lowest BCUT2D eigenvalue weighted by molar-refractivity contribution is 0.606. The van der Waals surface area contributed by atoms with E-state index in [-0.39, 0.29) is 5.82 Å². The van der Waals surface area contributed by atoms with E-state index in [1.807, 2.05) is 24.5 Å². The zero-order valence-corrected chi connectivity index (χ0v) is 13.6. The monoisotopic (exact) mass is 318 g/mol. The first kappa shape index (κ1) is 16.9. The second-order valence-corrected chi connectivity index (χ2v) is 5.00. The minimum Gasteiger partial charge on any atom is -0.357 e. The van der Waals surface area contributed by atoms with Crippen molar-refractivity contribution in [1.82, 2.24) is 25.4 Å². The molecule has 0 amide bonds. The average Bonchev–Trinajstić information content (AvgIpc) is 3.02. The van der Waals surface area contributed by atoms with Crippen molar-refractivity contribution in [2.75, 3.05) is 13.1 Å². The van der Waals surface area contributed by atoms with Crippen molar-refractivity contribution in [3.63, 3.8) is 0 Å². The highest BCUT2D eigenvalue weighted by atomic mass is 19.1. The molecule has 0 radical (unpaired) electrons. The van der Waals surface area contributed by atoms with Crippen LogP contribution in [0.1, 0.15) is 25.2 Å². The summed E-state index contributed by atoms with van der Waals surface area (Å²) in [5.74, 6) is 1.33. The number of aliphatic imine (C=N–C) groups is 1. The molecular weight excluding hydrogens is 295 g/mol. The van der Waals surface area contributed by atoms with Gasteiger partial charge in [-0.05, 0) is 31.9 Å². The van der Waals surface area contributed by atoms with Gasteiger partial charge in [-0.1, -0.05) is 18.2 Å². The molecule has 0 fully saturated rings. The summed E-state index contributed by atoms with van der Waals surface area (Å²) in [7, 11) is 0. The van der Waals surface area contributed by atoms with Crippen LogP contribution in [-0.2, 0) is 19.5 Å². The van der Waals surface area contributed by atoms with Crippen LogP contribution in [0.3, 0.4) is 0 Å². The highest BCUT2D eigenvalue weighted by Gasteiger charge is 2.04. The molecule has 0 aliphatic heterocycles. The average molecular weight is 318 g/mol. The number of aromatic nitrogens is 3. The van der Waals surface area contributed by atoms with E-state index in [2.05, 4.69) is 25.8 Å². The molecule has 0 aliphatic rings. The largest absolute Gasteiger partial charge is 0.357 e.